The van der Waals surface area contributed by atoms with Crippen molar-refractivity contribution in [1.82, 2.24) is 25.3 Å². The largest absolute Gasteiger partial charge is 0.454 e. The molecule has 9 nitrogen and oxygen atoms in total. The Morgan fingerprint density at radius 1 is 1.32 bits per heavy atom. The molecule has 0 saturated carbocycles. The molecule has 19 heavy (non-hydrogen) atoms. The number of hydrogen-bond acceptors (Lipinski definition) is 6. The first-order valence-corrected chi connectivity index (χ1v) is 5.33. The standard InChI is InChI=1S/C10H4N8O/c11-15-12-9-8-7(10-13-16-17-18(10)14-9)5-3-1-2-4-6(5)19-8/h1-4H. The molecule has 3 heterocycles. The Morgan fingerprint density at radius 2 is 2.21 bits per heavy atom. The Bertz CT molecular complexity index is 977. The minimum absolute atomic E-state index is 0.105. The predicted octanol–water partition coefficient (Wildman–Crippen LogP) is 2.36. The highest BCUT2D eigenvalue weighted by Gasteiger charge is 2.17. The molecule has 0 bridgehead atoms. The van der Waals surface area contributed by atoms with Crippen LogP contribution in [0, 0.1) is 0 Å². The minimum atomic E-state index is 0.105. The predicted molar refractivity (Wildman–Crippen MR) is 64.7 cm³/mol. The van der Waals surface area contributed by atoms with Gasteiger partial charge in [-0.05, 0) is 27.1 Å². The zero-order valence-corrected chi connectivity index (χ0v) is 9.30. The molecule has 1 aromatic carbocycles. The van der Waals surface area contributed by atoms with Gasteiger partial charge >= 0.3 is 0 Å². The number of nitrogens with zero attached hydrogens (tertiary/aromatic N) is 8. The summed E-state index contributed by atoms with van der Waals surface area (Å²) in [5.74, 6) is 0.105. The highest BCUT2D eigenvalue weighted by Crippen LogP contribution is 2.35. The van der Waals surface area contributed by atoms with Gasteiger partial charge in [-0.1, -0.05) is 18.2 Å². The molecule has 0 saturated heterocycles. The van der Waals surface area contributed by atoms with Crippen molar-refractivity contribution in [3.05, 3.63) is 34.7 Å². The second-order valence-corrected chi connectivity index (χ2v) is 3.81. The lowest BCUT2D eigenvalue weighted by Gasteiger charge is -1.94. The number of hydrogen-bond donors (Lipinski definition) is 0. The molecule has 0 amide bonds. The molecule has 0 N–H and O–H groups in total. The lowest BCUT2D eigenvalue weighted by atomic mass is 10.2. The highest BCUT2D eigenvalue weighted by atomic mass is 16.3. The van der Waals surface area contributed by atoms with E-state index in [1.54, 1.807) is 0 Å². The summed E-state index contributed by atoms with van der Waals surface area (Å²) in [5.41, 5.74) is 10.1. The van der Waals surface area contributed by atoms with Crippen molar-refractivity contribution in [2.24, 2.45) is 5.11 Å². The normalized spacial score (nSPS) is 11.2. The summed E-state index contributed by atoms with van der Waals surface area (Å²) in [7, 11) is 0. The van der Waals surface area contributed by atoms with Gasteiger partial charge in [0.25, 0.3) is 0 Å². The second-order valence-electron chi connectivity index (χ2n) is 3.81. The minimum Gasteiger partial charge on any atom is -0.454 e. The van der Waals surface area contributed by atoms with E-state index in [0.717, 1.165) is 5.39 Å². The molecule has 90 valence electrons. The van der Waals surface area contributed by atoms with Crippen molar-refractivity contribution >= 4 is 33.4 Å². The molecule has 0 aliphatic heterocycles. The maximum atomic E-state index is 8.59. The Labute approximate surface area is 104 Å². The molecule has 9 heteroatoms. The first-order valence-electron chi connectivity index (χ1n) is 5.33. The number of aromatic nitrogens is 5. The van der Waals surface area contributed by atoms with Gasteiger partial charge in [-0.15, -0.1) is 14.8 Å². The van der Waals surface area contributed by atoms with Crippen LogP contribution in [0.5, 0.6) is 0 Å². The van der Waals surface area contributed by atoms with Crippen LogP contribution in [0.2, 0.25) is 0 Å². The number of furan rings is 1. The monoisotopic (exact) mass is 252 g/mol. The summed E-state index contributed by atoms with van der Waals surface area (Å²) in [4.78, 5) is 2.74. The maximum Gasteiger partial charge on any atom is 0.211 e. The average molecular weight is 252 g/mol. The number of tetrazole rings is 1. The molecule has 0 fully saturated rings. The van der Waals surface area contributed by atoms with Crippen molar-refractivity contribution < 1.29 is 4.42 Å². The summed E-state index contributed by atoms with van der Waals surface area (Å²) in [6.45, 7) is 0. The fourth-order valence-electron chi connectivity index (χ4n) is 2.07. The molecule has 0 spiro atoms. The molecule has 4 aromatic rings. The molecular formula is C10H4N8O. The van der Waals surface area contributed by atoms with E-state index in [4.69, 9.17) is 9.95 Å². The summed E-state index contributed by atoms with van der Waals surface area (Å²) in [5, 5.41) is 20.3. The van der Waals surface area contributed by atoms with Crippen LogP contribution in [0.1, 0.15) is 0 Å². The van der Waals surface area contributed by atoms with E-state index in [0.29, 0.717) is 22.2 Å². The molecule has 0 radical (unpaired) electrons. The van der Waals surface area contributed by atoms with Crippen LogP contribution >= 0.6 is 0 Å². The third-order valence-corrected chi connectivity index (χ3v) is 2.80. The Balaban J connectivity index is 2.37. The summed E-state index contributed by atoms with van der Waals surface area (Å²) in [6, 6.07) is 7.43. The SMILES string of the molecule is [N-]=[N+]=Nc1nn2nnnc2c2c1oc1ccccc12. The van der Waals surface area contributed by atoms with Gasteiger partial charge in [0.15, 0.2) is 11.4 Å². The van der Waals surface area contributed by atoms with Crippen LogP contribution < -0.4 is 0 Å². The first-order chi connectivity index (χ1) is 9.38. The lowest BCUT2D eigenvalue weighted by molar-refractivity contribution is 0.660. The molecule has 0 aliphatic carbocycles. The van der Waals surface area contributed by atoms with Crippen molar-refractivity contribution in [2.45, 2.75) is 0 Å². The van der Waals surface area contributed by atoms with Gasteiger partial charge in [0.1, 0.15) is 5.58 Å². The number of rotatable bonds is 1. The van der Waals surface area contributed by atoms with Crippen molar-refractivity contribution in [1.29, 1.82) is 0 Å². The summed E-state index contributed by atoms with van der Waals surface area (Å²) in [6.07, 6.45) is 0. The lowest BCUT2D eigenvalue weighted by Crippen LogP contribution is -1.94. The van der Waals surface area contributed by atoms with Crippen LogP contribution in [0.3, 0.4) is 0 Å². The van der Waals surface area contributed by atoms with Gasteiger partial charge in [-0.2, -0.15) is 0 Å². The van der Waals surface area contributed by atoms with Crippen LogP contribution in [0.4, 0.5) is 5.82 Å². The third kappa shape index (κ3) is 1.21. The highest BCUT2D eigenvalue weighted by molar-refractivity contribution is 6.13. The van der Waals surface area contributed by atoms with Crippen LogP contribution in [0.25, 0.3) is 38.0 Å². The van der Waals surface area contributed by atoms with E-state index in [9.17, 15) is 0 Å². The average Bonchev–Trinajstić information content (AvgIpc) is 3.01. The van der Waals surface area contributed by atoms with E-state index in [1.807, 2.05) is 24.3 Å². The van der Waals surface area contributed by atoms with E-state index < -0.39 is 0 Å². The van der Waals surface area contributed by atoms with E-state index in [1.165, 1.54) is 4.63 Å². The number of para-hydroxylation sites is 1. The Kier molecular flexibility index (Phi) is 1.76. The fraction of sp³-hybridized carbons (Fsp3) is 0. The van der Waals surface area contributed by atoms with Crippen molar-refractivity contribution in [3.8, 4) is 0 Å². The topological polar surface area (TPSA) is 118 Å². The second kappa shape index (κ2) is 3.40. The number of fused-ring (bicyclic) bond motifs is 5. The fourth-order valence-corrected chi connectivity index (χ4v) is 2.07. The zero-order valence-electron chi connectivity index (χ0n) is 9.30. The molecular weight excluding hydrogens is 248 g/mol. The van der Waals surface area contributed by atoms with Gasteiger partial charge in [0.2, 0.25) is 5.65 Å². The Hall–Kier alpha value is -3.19. The van der Waals surface area contributed by atoms with E-state index in [2.05, 4.69) is 30.7 Å². The zero-order chi connectivity index (χ0) is 12.8. The van der Waals surface area contributed by atoms with Gasteiger partial charge in [-0.25, -0.2) is 0 Å². The van der Waals surface area contributed by atoms with Gasteiger partial charge in [0, 0.05) is 10.3 Å². The van der Waals surface area contributed by atoms with Crippen LogP contribution in [-0.2, 0) is 0 Å². The maximum absolute atomic E-state index is 8.59. The smallest absolute Gasteiger partial charge is 0.211 e. The van der Waals surface area contributed by atoms with Crippen LogP contribution in [0.15, 0.2) is 33.8 Å². The van der Waals surface area contributed by atoms with E-state index in [-0.39, 0.29) is 5.82 Å². The van der Waals surface area contributed by atoms with Crippen LogP contribution in [-0.4, -0.2) is 25.3 Å². The number of benzene rings is 1. The molecule has 0 atom stereocenters. The van der Waals surface area contributed by atoms with Gasteiger partial charge in [0.05, 0.1) is 5.39 Å². The molecule has 0 unspecified atom stereocenters. The molecule has 0 aliphatic rings. The Morgan fingerprint density at radius 3 is 3.11 bits per heavy atom. The van der Waals surface area contributed by atoms with Crippen molar-refractivity contribution in [3.63, 3.8) is 0 Å². The van der Waals surface area contributed by atoms with Gasteiger partial charge in [-0.3, -0.25) is 0 Å². The van der Waals surface area contributed by atoms with Crippen molar-refractivity contribution in [2.75, 3.05) is 0 Å². The quantitative estimate of drug-likeness (QED) is 0.292. The number of azide groups is 1. The molecule has 4 rings (SSSR count). The third-order valence-electron chi connectivity index (χ3n) is 2.80. The molecule has 3 aromatic heterocycles. The summed E-state index contributed by atoms with van der Waals surface area (Å²) >= 11 is 0. The van der Waals surface area contributed by atoms with E-state index >= 15 is 0 Å². The van der Waals surface area contributed by atoms with Gasteiger partial charge < -0.3 is 4.42 Å². The summed E-state index contributed by atoms with van der Waals surface area (Å²) < 4.78 is 6.89. The first kappa shape index (κ1) is 9.80.